The third-order valence-electron chi connectivity index (χ3n) is 3.78. The lowest BCUT2D eigenvalue weighted by Gasteiger charge is -2.03. The summed E-state index contributed by atoms with van der Waals surface area (Å²) in [5, 5.41) is 19.7. The summed E-state index contributed by atoms with van der Waals surface area (Å²) >= 11 is 6.48. The number of methoxy groups -OCH3 is 1. The van der Waals surface area contributed by atoms with Crippen molar-refractivity contribution < 1.29 is 19.3 Å². The van der Waals surface area contributed by atoms with Crippen molar-refractivity contribution in [2.75, 3.05) is 20.3 Å². The van der Waals surface area contributed by atoms with Gasteiger partial charge in [0.05, 0.1) is 30.3 Å². The van der Waals surface area contributed by atoms with Crippen LogP contribution < -0.4 is 4.74 Å². The number of aromatic hydroxyl groups is 1. The van der Waals surface area contributed by atoms with Crippen LogP contribution in [0.3, 0.4) is 0 Å². The molecule has 2 aromatic rings. The number of aliphatic imine (C=N–C) groups is 2. The van der Waals surface area contributed by atoms with Crippen molar-refractivity contribution in [1.29, 1.82) is 5.26 Å². The van der Waals surface area contributed by atoms with Crippen LogP contribution in [-0.4, -0.2) is 41.6 Å². The SMILES string of the molecule is CCOc1ccc(N=C2O/C(=C/c3sc(=S)n(CCOC)c3O)N=C2C#N)cc1. The molecular formula is C19H18N4O4S2. The molecule has 0 atom stereocenters. The summed E-state index contributed by atoms with van der Waals surface area (Å²) in [6.07, 6.45) is 1.52. The number of rotatable bonds is 7. The van der Waals surface area contributed by atoms with Crippen molar-refractivity contribution in [3.05, 3.63) is 39.0 Å². The number of hydrogen-bond donors (Lipinski definition) is 1. The van der Waals surface area contributed by atoms with E-state index >= 15 is 0 Å². The van der Waals surface area contributed by atoms with Gasteiger partial charge in [-0.25, -0.2) is 4.99 Å². The average molecular weight is 431 g/mol. The first-order chi connectivity index (χ1) is 14.0. The van der Waals surface area contributed by atoms with E-state index in [1.165, 1.54) is 17.4 Å². The molecule has 0 saturated heterocycles. The molecule has 3 rings (SSSR count). The van der Waals surface area contributed by atoms with E-state index in [2.05, 4.69) is 9.98 Å². The highest BCUT2D eigenvalue weighted by Gasteiger charge is 2.23. The van der Waals surface area contributed by atoms with Gasteiger partial charge in [0, 0.05) is 13.2 Å². The first kappa shape index (κ1) is 20.7. The zero-order chi connectivity index (χ0) is 20.8. The molecular weight excluding hydrogens is 412 g/mol. The van der Waals surface area contributed by atoms with Crippen LogP contribution in [0.15, 0.2) is 40.1 Å². The van der Waals surface area contributed by atoms with E-state index in [4.69, 9.17) is 26.4 Å². The number of thiazole rings is 1. The second kappa shape index (κ2) is 9.47. The molecule has 150 valence electrons. The Morgan fingerprint density at radius 3 is 2.83 bits per heavy atom. The van der Waals surface area contributed by atoms with E-state index < -0.39 is 0 Å². The molecule has 0 saturated carbocycles. The van der Waals surface area contributed by atoms with Gasteiger partial charge in [-0.2, -0.15) is 10.3 Å². The van der Waals surface area contributed by atoms with Crippen LogP contribution in [0.25, 0.3) is 6.08 Å². The second-order valence-electron chi connectivity index (χ2n) is 5.70. The highest BCUT2D eigenvalue weighted by molar-refractivity contribution is 7.73. The van der Waals surface area contributed by atoms with Crippen molar-refractivity contribution in [3.8, 4) is 17.7 Å². The van der Waals surface area contributed by atoms with E-state index in [-0.39, 0.29) is 23.4 Å². The molecule has 0 aliphatic carbocycles. The average Bonchev–Trinajstić information content (AvgIpc) is 3.22. The maximum atomic E-state index is 10.4. The van der Waals surface area contributed by atoms with Gasteiger partial charge >= 0.3 is 0 Å². The Labute approximate surface area is 176 Å². The van der Waals surface area contributed by atoms with Gasteiger partial charge in [-0.1, -0.05) is 0 Å². The van der Waals surface area contributed by atoms with Gasteiger partial charge in [0.2, 0.25) is 17.5 Å². The first-order valence-corrected chi connectivity index (χ1v) is 9.90. The molecule has 1 N–H and O–H groups in total. The topological polar surface area (TPSA) is 101 Å². The first-order valence-electron chi connectivity index (χ1n) is 8.67. The summed E-state index contributed by atoms with van der Waals surface area (Å²) in [7, 11) is 1.58. The number of benzene rings is 1. The van der Waals surface area contributed by atoms with E-state index in [1.54, 1.807) is 35.9 Å². The number of nitriles is 1. The van der Waals surface area contributed by atoms with Gasteiger partial charge in [0.25, 0.3) is 5.90 Å². The zero-order valence-electron chi connectivity index (χ0n) is 15.8. The van der Waals surface area contributed by atoms with E-state index in [0.29, 0.717) is 34.3 Å². The molecule has 2 heterocycles. The minimum absolute atomic E-state index is 0.00115. The quantitative estimate of drug-likeness (QED) is 0.665. The van der Waals surface area contributed by atoms with Crippen LogP contribution in [0.4, 0.5) is 5.69 Å². The van der Waals surface area contributed by atoms with E-state index in [0.717, 1.165) is 5.75 Å². The minimum atomic E-state index is -0.00115. The molecule has 29 heavy (non-hydrogen) atoms. The normalized spacial score (nSPS) is 16.0. The number of aromatic nitrogens is 1. The van der Waals surface area contributed by atoms with Crippen LogP contribution in [0.2, 0.25) is 0 Å². The van der Waals surface area contributed by atoms with Crippen molar-refractivity contribution in [1.82, 2.24) is 4.57 Å². The van der Waals surface area contributed by atoms with Gasteiger partial charge in [0.15, 0.2) is 3.95 Å². The number of hydrogen-bond acceptors (Lipinski definition) is 9. The van der Waals surface area contributed by atoms with E-state index in [9.17, 15) is 10.4 Å². The standard InChI is InChI=1S/C19H18N4O4S2/c1-3-26-13-6-4-12(5-7-13)21-17-14(11-20)22-16(27-17)10-15-18(24)23(8-9-25-2)19(28)29-15/h4-7,10,24H,3,8-9H2,1-2H3/b16-10+,21-17?. The predicted molar refractivity (Wildman–Crippen MR) is 113 cm³/mol. The number of nitrogens with zero attached hydrogens (tertiary/aromatic N) is 4. The smallest absolute Gasteiger partial charge is 0.258 e. The highest BCUT2D eigenvalue weighted by atomic mass is 32.1. The van der Waals surface area contributed by atoms with Crippen molar-refractivity contribution >= 4 is 46.9 Å². The maximum absolute atomic E-state index is 10.4. The third kappa shape index (κ3) is 4.89. The molecule has 1 aliphatic heterocycles. The molecule has 0 unspecified atom stereocenters. The Morgan fingerprint density at radius 1 is 1.41 bits per heavy atom. The Balaban J connectivity index is 1.84. The van der Waals surface area contributed by atoms with Crippen LogP contribution in [-0.2, 0) is 16.0 Å². The van der Waals surface area contributed by atoms with Crippen molar-refractivity contribution in [3.63, 3.8) is 0 Å². The molecule has 8 nitrogen and oxygen atoms in total. The molecule has 0 fully saturated rings. The summed E-state index contributed by atoms with van der Waals surface area (Å²) in [5.41, 5.74) is 0.643. The monoisotopic (exact) mass is 430 g/mol. The summed E-state index contributed by atoms with van der Waals surface area (Å²) in [6, 6.07) is 9.04. The van der Waals surface area contributed by atoms with Crippen LogP contribution in [0.1, 0.15) is 11.8 Å². The van der Waals surface area contributed by atoms with Crippen LogP contribution >= 0.6 is 23.6 Å². The fourth-order valence-electron chi connectivity index (χ4n) is 2.44. The van der Waals surface area contributed by atoms with Gasteiger partial charge in [-0.15, -0.1) is 11.3 Å². The Kier molecular flexibility index (Phi) is 6.77. The van der Waals surface area contributed by atoms with Crippen LogP contribution in [0.5, 0.6) is 11.6 Å². The minimum Gasteiger partial charge on any atom is -0.494 e. The van der Waals surface area contributed by atoms with Gasteiger partial charge < -0.3 is 19.3 Å². The largest absolute Gasteiger partial charge is 0.494 e. The summed E-state index contributed by atoms with van der Waals surface area (Å²) in [6.45, 7) is 3.33. The maximum Gasteiger partial charge on any atom is 0.258 e. The van der Waals surface area contributed by atoms with E-state index in [1.807, 2.05) is 13.0 Å². The Hall–Kier alpha value is -3.00. The fourth-order valence-corrected chi connectivity index (χ4v) is 3.72. The Morgan fingerprint density at radius 2 is 2.17 bits per heavy atom. The van der Waals surface area contributed by atoms with Crippen molar-refractivity contribution in [2.45, 2.75) is 13.5 Å². The van der Waals surface area contributed by atoms with Crippen molar-refractivity contribution in [2.24, 2.45) is 9.98 Å². The fraction of sp³-hybridized carbons (Fsp3) is 0.263. The summed E-state index contributed by atoms with van der Waals surface area (Å²) in [5.74, 6) is 0.966. The lowest BCUT2D eigenvalue weighted by Crippen LogP contribution is -2.07. The highest BCUT2D eigenvalue weighted by Crippen LogP contribution is 2.30. The molecule has 1 aliphatic rings. The summed E-state index contributed by atoms with van der Waals surface area (Å²) in [4.78, 5) is 8.94. The molecule has 0 radical (unpaired) electrons. The lowest BCUT2D eigenvalue weighted by atomic mass is 10.3. The van der Waals surface area contributed by atoms with Gasteiger partial charge in [-0.05, 0) is 43.4 Å². The molecule has 0 spiro atoms. The third-order valence-corrected chi connectivity index (χ3v) is 5.16. The molecule has 0 bridgehead atoms. The molecule has 10 heteroatoms. The summed E-state index contributed by atoms with van der Waals surface area (Å²) < 4.78 is 18.1. The lowest BCUT2D eigenvalue weighted by molar-refractivity contribution is 0.183. The zero-order valence-corrected chi connectivity index (χ0v) is 17.4. The predicted octanol–water partition coefficient (Wildman–Crippen LogP) is 4.05. The van der Waals surface area contributed by atoms with Crippen LogP contribution in [0, 0.1) is 15.3 Å². The number of ether oxygens (including phenoxy) is 3. The van der Waals surface area contributed by atoms with Gasteiger partial charge in [-0.3, -0.25) is 4.57 Å². The molecule has 1 aromatic carbocycles. The molecule has 0 amide bonds. The molecule has 1 aromatic heterocycles. The second-order valence-corrected chi connectivity index (χ2v) is 7.38. The Bertz CT molecular complexity index is 1080. The van der Waals surface area contributed by atoms with Gasteiger partial charge in [0.1, 0.15) is 11.8 Å².